The molecular weight excluding hydrogens is 209 g/mol. The van der Waals surface area contributed by atoms with Crippen LogP contribution >= 0.6 is 8.58 Å². The highest BCUT2D eigenvalue weighted by Crippen LogP contribution is 2.12. The van der Waals surface area contributed by atoms with Crippen LogP contribution in [0.25, 0.3) is 0 Å². The number of rotatable bonds is 8. The van der Waals surface area contributed by atoms with E-state index in [2.05, 4.69) is 27.7 Å². The third kappa shape index (κ3) is 11.5. The molecule has 0 N–H and O–H groups in total. The van der Waals surface area contributed by atoms with Gasteiger partial charge in [-0.2, -0.15) is 0 Å². The minimum Gasteiger partial charge on any atom is -0.461 e. The Bertz CT molecular complexity index is 199. The summed E-state index contributed by atoms with van der Waals surface area (Å²) < 4.78 is 5.88. The Hall–Kier alpha value is -0.400. The van der Waals surface area contributed by atoms with Gasteiger partial charge in [0.15, 0.2) is 0 Å². The molecule has 3 nitrogen and oxygen atoms in total. The van der Waals surface area contributed by atoms with Gasteiger partial charge in [-0.3, -0.25) is 4.79 Å². The van der Waals surface area contributed by atoms with Crippen molar-refractivity contribution in [1.29, 1.82) is 0 Å². The highest BCUT2D eigenvalue weighted by atomic mass is 31.1. The lowest BCUT2D eigenvalue weighted by Gasteiger charge is -2.23. The van der Waals surface area contributed by atoms with Gasteiger partial charge < -0.3 is 9.22 Å². The molecule has 0 aliphatic rings. The maximum absolute atomic E-state index is 11.1. The summed E-state index contributed by atoms with van der Waals surface area (Å²) in [5.41, 5.74) is 0. The number of hydrogen-bond donors (Lipinski definition) is 0. The van der Waals surface area contributed by atoms with Crippen LogP contribution in [0, 0.1) is 0 Å². The van der Waals surface area contributed by atoms with Crippen molar-refractivity contribution in [1.82, 2.24) is 0 Å². The zero-order valence-corrected chi connectivity index (χ0v) is 11.1. The molecule has 0 aliphatic carbocycles. The van der Waals surface area contributed by atoms with Crippen LogP contribution in [0.2, 0.25) is 0 Å². The van der Waals surface area contributed by atoms with E-state index in [1.54, 1.807) is 6.08 Å². The van der Waals surface area contributed by atoms with Crippen LogP contribution in [0.3, 0.4) is 0 Å². The van der Waals surface area contributed by atoms with E-state index in [1.165, 1.54) is 12.7 Å². The molecule has 0 aromatic rings. The minimum atomic E-state index is -0.104. The van der Waals surface area contributed by atoms with Crippen molar-refractivity contribution in [3.05, 3.63) is 12.7 Å². The van der Waals surface area contributed by atoms with Gasteiger partial charge in [0.25, 0.3) is 0 Å². The Kier molecular flexibility index (Phi) is 7.63. The molecule has 1 unspecified atom stereocenters. The van der Waals surface area contributed by atoms with Gasteiger partial charge in [0, 0.05) is 12.6 Å². The molecule has 0 aromatic carbocycles. The van der Waals surface area contributed by atoms with Crippen molar-refractivity contribution < 1.29 is 14.0 Å². The number of carbonyl (C=O) groups is 1. The van der Waals surface area contributed by atoms with Gasteiger partial charge in [-0.15, -0.1) is 8.58 Å². The van der Waals surface area contributed by atoms with Crippen molar-refractivity contribution in [2.45, 2.75) is 6.42 Å². The molecule has 4 heteroatoms. The first-order valence-electron chi connectivity index (χ1n) is 5.23. The highest BCUT2D eigenvalue weighted by Gasteiger charge is 2.06. The average Bonchev–Trinajstić information content (AvgIpc) is 2.12. The zero-order chi connectivity index (χ0) is 11.7. The lowest BCUT2D eigenvalue weighted by molar-refractivity contribution is -0.867. The van der Waals surface area contributed by atoms with Crippen molar-refractivity contribution in [3.63, 3.8) is 0 Å². The molecule has 0 saturated carbocycles. The van der Waals surface area contributed by atoms with E-state index < -0.39 is 0 Å². The van der Waals surface area contributed by atoms with Crippen LogP contribution in [0.15, 0.2) is 12.7 Å². The Labute approximate surface area is 94.9 Å². The van der Waals surface area contributed by atoms with Gasteiger partial charge in [-0.1, -0.05) is 12.7 Å². The SMILES string of the molecule is C=CCOC(=O)CCPCC[N+](C)(C)C. The topological polar surface area (TPSA) is 26.3 Å². The maximum Gasteiger partial charge on any atom is 0.306 e. The third-order valence-corrected chi connectivity index (χ3v) is 3.01. The van der Waals surface area contributed by atoms with E-state index in [0.29, 0.717) is 13.0 Å². The molecule has 15 heavy (non-hydrogen) atoms. The van der Waals surface area contributed by atoms with Gasteiger partial charge in [0.2, 0.25) is 0 Å². The number of nitrogens with zero attached hydrogens (tertiary/aromatic N) is 1. The van der Waals surface area contributed by atoms with Gasteiger partial charge in [0.1, 0.15) is 6.61 Å². The molecule has 0 aromatic heterocycles. The van der Waals surface area contributed by atoms with Crippen LogP contribution in [0.1, 0.15) is 6.42 Å². The Morgan fingerprint density at radius 2 is 2.07 bits per heavy atom. The Morgan fingerprint density at radius 3 is 2.60 bits per heavy atom. The fourth-order valence-corrected chi connectivity index (χ4v) is 2.41. The lowest BCUT2D eigenvalue weighted by atomic mass is 10.5. The maximum atomic E-state index is 11.1. The summed E-state index contributed by atoms with van der Waals surface area (Å²) in [5.74, 6) is -0.104. The molecule has 0 radical (unpaired) electrons. The molecule has 0 aliphatic heterocycles. The van der Waals surface area contributed by atoms with E-state index in [0.717, 1.165) is 19.2 Å². The molecule has 88 valence electrons. The average molecular weight is 232 g/mol. The molecule has 0 rings (SSSR count). The van der Waals surface area contributed by atoms with Crippen molar-refractivity contribution >= 4 is 14.6 Å². The predicted molar refractivity (Wildman–Crippen MR) is 66.7 cm³/mol. The lowest BCUT2D eigenvalue weighted by Crippen LogP contribution is -2.36. The third-order valence-electron chi connectivity index (χ3n) is 1.83. The zero-order valence-electron chi connectivity index (χ0n) is 10.1. The summed E-state index contributed by atoms with van der Waals surface area (Å²) in [6.07, 6.45) is 4.29. The van der Waals surface area contributed by atoms with Crippen LogP contribution < -0.4 is 0 Å². The molecule has 0 fully saturated rings. The van der Waals surface area contributed by atoms with Crippen LogP contribution in [-0.4, -0.2) is 57.1 Å². The summed E-state index contributed by atoms with van der Waals surface area (Å²) in [4.78, 5) is 11.1. The highest BCUT2D eigenvalue weighted by molar-refractivity contribution is 7.38. The summed E-state index contributed by atoms with van der Waals surface area (Å²) in [7, 11) is 7.41. The van der Waals surface area contributed by atoms with Gasteiger partial charge in [-0.25, -0.2) is 0 Å². The van der Waals surface area contributed by atoms with E-state index >= 15 is 0 Å². The van der Waals surface area contributed by atoms with E-state index in [-0.39, 0.29) is 5.97 Å². The van der Waals surface area contributed by atoms with E-state index in [9.17, 15) is 4.79 Å². The standard InChI is InChI=1S/C11H23NO2P/c1-5-8-14-11(13)6-9-15-10-7-12(2,3)4/h5,15H,1,6-10H2,2-4H3/q+1. The first-order chi connectivity index (χ1) is 6.95. The second kappa shape index (κ2) is 7.84. The molecule has 0 spiro atoms. The van der Waals surface area contributed by atoms with Crippen molar-refractivity contribution in [2.24, 2.45) is 0 Å². The van der Waals surface area contributed by atoms with Crippen LogP contribution in [0.5, 0.6) is 0 Å². The first-order valence-corrected chi connectivity index (χ1v) is 6.65. The van der Waals surface area contributed by atoms with Crippen LogP contribution in [0.4, 0.5) is 0 Å². The van der Waals surface area contributed by atoms with Gasteiger partial charge in [-0.05, 0) is 6.16 Å². The summed E-state index contributed by atoms with van der Waals surface area (Å²) in [6.45, 7) is 4.99. The molecule has 0 heterocycles. The second-order valence-electron chi connectivity index (χ2n) is 4.49. The van der Waals surface area contributed by atoms with E-state index in [1.807, 2.05) is 0 Å². The number of esters is 1. The predicted octanol–water partition coefficient (Wildman–Crippen LogP) is 1.49. The molecule has 0 saturated heterocycles. The van der Waals surface area contributed by atoms with Gasteiger partial charge in [0.05, 0.1) is 27.7 Å². The molecular formula is C11H23NO2P+. The number of quaternary nitrogens is 1. The van der Waals surface area contributed by atoms with Crippen LogP contribution in [-0.2, 0) is 9.53 Å². The van der Waals surface area contributed by atoms with Gasteiger partial charge >= 0.3 is 5.97 Å². The number of carbonyl (C=O) groups excluding carboxylic acids is 1. The normalized spacial score (nSPS) is 11.9. The van der Waals surface area contributed by atoms with E-state index in [4.69, 9.17) is 4.74 Å². The fraction of sp³-hybridized carbons (Fsp3) is 0.727. The number of hydrogen-bond acceptors (Lipinski definition) is 2. The van der Waals surface area contributed by atoms with Crippen molar-refractivity contribution in [3.8, 4) is 0 Å². The Balaban J connectivity index is 3.31. The summed E-state index contributed by atoms with van der Waals surface area (Å²) in [6, 6.07) is 0. The Morgan fingerprint density at radius 1 is 1.40 bits per heavy atom. The summed E-state index contributed by atoms with van der Waals surface area (Å²) in [5, 5.41) is 0. The second-order valence-corrected chi connectivity index (χ2v) is 5.99. The summed E-state index contributed by atoms with van der Waals surface area (Å²) >= 11 is 0. The molecule has 0 bridgehead atoms. The monoisotopic (exact) mass is 232 g/mol. The quantitative estimate of drug-likeness (QED) is 0.208. The minimum absolute atomic E-state index is 0.104. The fourth-order valence-electron chi connectivity index (χ4n) is 0.954. The van der Waals surface area contributed by atoms with Crippen molar-refractivity contribution in [2.75, 3.05) is 46.6 Å². The molecule has 1 atom stereocenters. The first kappa shape index (κ1) is 14.6. The smallest absolute Gasteiger partial charge is 0.306 e. The largest absolute Gasteiger partial charge is 0.461 e. The number of ether oxygens (including phenoxy) is 1. The molecule has 0 amide bonds.